The Labute approximate surface area is 139 Å². The second-order valence-corrected chi connectivity index (χ2v) is 5.83. The van der Waals surface area contributed by atoms with E-state index in [-0.39, 0.29) is 17.6 Å². The molecule has 0 spiro atoms. The molecule has 3 rings (SSSR count). The number of para-hydroxylation sites is 1. The molecule has 0 unspecified atom stereocenters. The lowest BCUT2D eigenvalue weighted by Gasteiger charge is -2.20. The minimum Gasteiger partial charge on any atom is -0.309 e. The number of fused-ring (bicyclic) bond motifs is 1. The Balaban J connectivity index is 1.90. The van der Waals surface area contributed by atoms with Crippen molar-refractivity contribution in [1.82, 2.24) is 0 Å². The Morgan fingerprint density at radius 2 is 2.08 bits per heavy atom. The van der Waals surface area contributed by atoms with Crippen LogP contribution in [0.15, 0.2) is 47.5 Å². The molecule has 0 aromatic heterocycles. The number of rotatable bonds is 3. The molecular weight excluding hydrogens is 306 g/mol. The summed E-state index contributed by atoms with van der Waals surface area (Å²) in [5.41, 5.74) is 3.18. The molecule has 122 valence electrons. The van der Waals surface area contributed by atoms with Crippen molar-refractivity contribution in [3.63, 3.8) is 0 Å². The fraction of sp³-hybridized carbons (Fsp3) is 0.222. The highest BCUT2D eigenvalue weighted by molar-refractivity contribution is 5.95. The number of hydrogen-bond acceptors (Lipinski definition) is 4. The van der Waals surface area contributed by atoms with Gasteiger partial charge in [0.15, 0.2) is 0 Å². The van der Waals surface area contributed by atoms with Crippen LogP contribution < -0.4 is 4.90 Å². The van der Waals surface area contributed by atoms with Gasteiger partial charge in [0, 0.05) is 30.9 Å². The van der Waals surface area contributed by atoms with Crippen LogP contribution in [0.25, 0.3) is 0 Å². The summed E-state index contributed by atoms with van der Waals surface area (Å²) in [6.07, 6.45) is 2.28. The van der Waals surface area contributed by atoms with Crippen LogP contribution in [0.1, 0.15) is 25.0 Å². The highest BCUT2D eigenvalue weighted by atomic mass is 16.6. The lowest BCUT2D eigenvalue weighted by molar-refractivity contribution is -0.385. The maximum absolute atomic E-state index is 11.7. The number of carbonyl (C=O) groups excluding carboxylic acids is 1. The minimum absolute atomic E-state index is 0.0254. The molecule has 1 atom stereocenters. The van der Waals surface area contributed by atoms with Gasteiger partial charge in [-0.1, -0.05) is 12.1 Å². The summed E-state index contributed by atoms with van der Waals surface area (Å²) in [7, 11) is 0. The topological polar surface area (TPSA) is 75.8 Å². The molecule has 0 saturated heterocycles. The Morgan fingerprint density at radius 1 is 1.33 bits per heavy atom. The van der Waals surface area contributed by atoms with Gasteiger partial charge in [-0.25, -0.2) is 0 Å². The number of aliphatic imine (C=N–C) groups is 1. The first-order valence-electron chi connectivity index (χ1n) is 7.67. The lowest BCUT2D eigenvalue weighted by Crippen LogP contribution is -2.33. The maximum Gasteiger partial charge on any atom is 0.278 e. The van der Waals surface area contributed by atoms with Gasteiger partial charge in [0.1, 0.15) is 0 Å². The smallest absolute Gasteiger partial charge is 0.278 e. The molecule has 0 saturated carbocycles. The van der Waals surface area contributed by atoms with E-state index in [1.165, 1.54) is 12.3 Å². The molecule has 1 aliphatic heterocycles. The summed E-state index contributed by atoms with van der Waals surface area (Å²) in [4.78, 5) is 28.5. The number of benzene rings is 2. The molecule has 6 heteroatoms. The Kier molecular flexibility index (Phi) is 4.12. The monoisotopic (exact) mass is 323 g/mol. The van der Waals surface area contributed by atoms with Crippen LogP contribution in [0.4, 0.5) is 17.1 Å². The van der Waals surface area contributed by atoms with Gasteiger partial charge in [0.25, 0.3) is 5.69 Å². The van der Waals surface area contributed by atoms with Crippen LogP contribution in [0.2, 0.25) is 0 Å². The van der Waals surface area contributed by atoms with Crippen molar-refractivity contribution in [2.45, 2.75) is 26.3 Å². The van der Waals surface area contributed by atoms with E-state index >= 15 is 0 Å². The molecule has 1 amide bonds. The first-order chi connectivity index (χ1) is 11.5. The zero-order valence-electron chi connectivity index (χ0n) is 13.5. The highest BCUT2D eigenvalue weighted by Crippen LogP contribution is 2.34. The van der Waals surface area contributed by atoms with Crippen LogP contribution in [-0.2, 0) is 11.2 Å². The summed E-state index contributed by atoms with van der Waals surface area (Å²) in [5, 5.41) is 11.0. The SMILES string of the molecule is CC(=O)N1c2ccc(N=Cc3ccccc3[N+](=O)[O-])cc2C[C@H]1C. The van der Waals surface area contributed by atoms with Crippen LogP contribution in [0.5, 0.6) is 0 Å². The zero-order valence-corrected chi connectivity index (χ0v) is 13.5. The normalized spacial score (nSPS) is 16.4. The van der Waals surface area contributed by atoms with Crippen LogP contribution in [-0.4, -0.2) is 23.1 Å². The Hall–Kier alpha value is -3.02. The van der Waals surface area contributed by atoms with Crippen molar-refractivity contribution >= 4 is 29.2 Å². The van der Waals surface area contributed by atoms with Gasteiger partial charge in [-0.05, 0) is 43.2 Å². The lowest BCUT2D eigenvalue weighted by atomic mass is 10.1. The zero-order chi connectivity index (χ0) is 17.3. The summed E-state index contributed by atoms with van der Waals surface area (Å²) in [6.45, 7) is 3.57. The third-order valence-corrected chi connectivity index (χ3v) is 4.10. The van der Waals surface area contributed by atoms with Crippen molar-refractivity contribution in [2.75, 3.05) is 4.90 Å². The summed E-state index contributed by atoms with van der Waals surface area (Å²) >= 11 is 0. The maximum atomic E-state index is 11.7. The molecule has 0 radical (unpaired) electrons. The molecule has 0 N–H and O–H groups in total. The highest BCUT2D eigenvalue weighted by Gasteiger charge is 2.28. The van der Waals surface area contributed by atoms with Crippen molar-refractivity contribution in [3.05, 3.63) is 63.7 Å². The van der Waals surface area contributed by atoms with Crippen LogP contribution >= 0.6 is 0 Å². The van der Waals surface area contributed by atoms with Gasteiger partial charge in [-0.15, -0.1) is 0 Å². The number of hydrogen-bond donors (Lipinski definition) is 0. The molecule has 2 aromatic rings. The van der Waals surface area contributed by atoms with Crippen molar-refractivity contribution < 1.29 is 9.72 Å². The van der Waals surface area contributed by atoms with E-state index < -0.39 is 4.92 Å². The van der Waals surface area contributed by atoms with Gasteiger partial charge >= 0.3 is 0 Å². The van der Waals surface area contributed by atoms with Gasteiger partial charge in [0.2, 0.25) is 5.91 Å². The van der Waals surface area contributed by atoms with E-state index in [1.54, 1.807) is 30.0 Å². The van der Waals surface area contributed by atoms with Crippen molar-refractivity contribution in [3.8, 4) is 0 Å². The predicted molar refractivity (Wildman–Crippen MR) is 93.1 cm³/mol. The Bertz CT molecular complexity index is 845. The number of nitrogens with zero attached hydrogens (tertiary/aromatic N) is 3. The summed E-state index contributed by atoms with van der Waals surface area (Å²) < 4.78 is 0. The van der Waals surface area contributed by atoms with Gasteiger partial charge in [-0.2, -0.15) is 0 Å². The second kappa shape index (κ2) is 6.23. The van der Waals surface area contributed by atoms with E-state index in [9.17, 15) is 14.9 Å². The molecule has 0 bridgehead atoms. The average molecular weight is 323 g/mol. The number of amides is 1. The van der Waals surface area contributed by atoms with Crippen molar-refractivity contribution in [2.24, 2.45) is 4.99 Å². The van der Waals surface area contributed by atoms with E-state index in [1.807, 2.05) is 25.1 Å². The van der Waals surface area contributed by atoms with Crippen LogP contribution in [0.3, 0.4) is 0 Å². The Morgan fingerprint density at radius 3 is 2.79 bits per heavy atom. The fourth-order valence-corrected chi connectivity index (χ4v) is 3.08. The molecule has 1 aliphatic rings. The first kappa shape index (κ1) is 15.9. The third-order valence-electron chi connectivity index (χ3n) is 4.10. The molecule has 1 heterocycles. The number of nitro benzene ring substituents is 1. The van der Waals surface area contributed by atoms with Crippen molar-refractivity contribution in [1.29, 1.82) is 0 Å². The second-order valence-electron chi connectivity index (χ2n) is 5.83. The minimum atomic E-state index is -0.420. The predicted octanol–water partition coefficient (Wildman–Crippen LogP) is 3.64. The van der Waals surface area contributed by atoms with E-state index in [0.29, 0.717) is 11.3 Å². The molecule has 0 fully saturated rings. The number of carbonyl (C=O) groups is 1. The summed E-state index contributed by atoms with van der Waals surface area (Å²) in [6, 6.07) is 12.2. The van der Waals surface area contributed by atoms with Gasteiger partial charge < -0.3 is 4.90 Å². The first-order valence-corrected chi connectivity index (χ1v) is 7.67. The van der Waals surface area contributed by atoms with Crippen LogP contribution in [0, 0.1) is 10.1 Å². The third kappa shape index (κ3) is 2.90. The average Bonchev–Trinajstić information content (AvgIpc) is 2.88. The van der Waals surface area contributed by atoms with E-state index in [0.717, 1.165) is 17.7 Å². The largest absolute Gasteiger partial charge is 0.309 e. The quantitative estimate of drug-likeness (QED) is 0.491. The molecular formula is C18H17N3O3. The van der Waals surface area contributed by atoms with E-state index in [2.05, 4.69) is 4.99 Å². The van der Waals surface area contributed by atoms with E-state index in [4.69, 9.17) is 0 Å². The fourth-order valence-electron chi connectivity index (χ4n) is 3.08. The van der Waals surface area contributed by atoms with Gasteiger partial charge in [0.05, 0.1) is 16.2 Å². The molecule has 2 aromatic carbocycles. The summed E-state index contributed by atoms with van der Waals surface area (Å²) in [5.74, 6) is 0.0254. The number of anilines is 1. The molecule has 0 aliphatic carbocycles. The molecule has 6 nitrogen and oxygen atoms in total. The standard InChI is InChI=1S/C18H17N3O3/c1-12-9-15-10-16(7-8-17(15)20(12)13(2)22)19-11-14-5-3-4-6-18(14)21(23)24/h3-8,10-12H,9H2,1-2H3/t12-/m1/s1. The molecule has 24 heavy (non-hydrogen) atoms. The van der Waals surface area contributed by atoms with Gasteiger partial charge in [-0.3, -0.25) is 19.9 Å². The number of nitro groups is 1.